The summed E-state index contributed by atoms with van der Waals surface area (Å²) in [7, 11) is -3.29. The fourth-order valence-corrected chi connectivity index (χ4v) is 2.85. The molecule has 0 bridgehead atoms. The normalized spacial score (nSPS) is 11.2. The van der Waals surface area contributed by atoms with E-state index in [-0.39, 0.29) is 10.5 Å². The van der Waals surface area contributed by atoms with Crippen molar-refractivity contribution in [2.75, 3.05) is 11.6 Å². The molecule has 2 aromatic rings. The molecule has 4 nitrogen and oxygen atoms in total. The molecule has 7 heteroatoms. The van der Waals surface area contributed by atoms with Crippen LogP contribution in [0.4, 0.5) is 10.1 Å². The summed E-state index contributed by atoms with van der Waals surface area (Å²) >= 11 is 3.12. The summed E-state index contributed by atoms with van der Waals surface area (Å²) in [5.41, 5.74) is 0.271. The van der Waals surface area contributed by atoms with Crippen molar-refractivity contribution in [3.8, 4) is 0 Å². The van der Waals surface area contributed by atoms with Gasteiger partial charge in [0.15, 0.2) is 9.84 Å². The van der Waals surface area contributed by atoms with Crippen LogP contribution in [0.1, 0.15) is 10.4 Å². The fourth-order valence-electron chi connectivity index (χ4n) is 1.69. The van der Waals surface area contributed by atoms with Crippen LogP contribution >= 0.6 is 15.9 Å². The van der Waals surface area contributed by atoms with Gasteiger partial charge < -0.3 is 5.32 Å². The Bertz CT molecular complexity index is 768. The zero-order valence-electron chi connectivity index (χ0n) is 10.9. The van der Waals surface area contributed by atoms with Crippen LogP contribution < -0.4 is 5.32 Å². The predicted molar refractivity (Wildman–Crippen MR) is 81.6 cm³/mol. The highest BCUT2D eigenvalue weighted by Crippen LogP contribution is 2.21. The summed E-state index contributed by atoms with van der Waals surface area (Å²) in [4.78, 5) is 12.2. The third kappa shape index (κ3) is 3.68. The van der Waals surface area contributed by atoms with Crippen LogP contribution in [0.3, 0.4) is 0 Å². The second kappa shape index (κ2) is 5.95. The Morgan fingerprint density at radius 3 is 2.29 bits per heavy atom. The molecule has 0 aliphatic carbocycles. The molecular weight excluding hydrogens is 361 g/mol. The number of benzene rings is 2. The lowest BCUT2D eigenvalue weighted by Crippen LogP contribution is -2.14. The lowest BCUT2D eigenvalue weighted by molar-refractivity contribution is 0.102. The number of hydrogen-bond acceptors (Lipinski definition) is 3. The molecule has 0 atom stereocenters. The van der Waals surface area contributed by atoms with Gasteiger partial charge in [0.25, 0.3) is 5.91 Å². The zero-order chi connectivity index (χ0) is 15.6. The van der Waals surface area contributed by atoms with Gasteiger partial charge in [-0.1, -0.05) is 6.07 Å². The summed E-state index contributed by atoms with van der Waals surface area (Å²) in [5, 5.41) is 2.51. The molecule has 0 saturated heterocycles. The highest BCUT2D eigenvalue weighted by molar-refractivity contribution is 9.10. The Balaban J connectivity index is 2.24. The summed E-state index contributed by atoms with van der Waals surface area (Å²) in [6.07, 6.45) is 1.09. The van der Waals surface area contributed by atoms with E-state index in [1.54, 1.807) is 6.07 Å². The summed E-state index contributed by atoms with van der Waals surface area (Å²) in [5.74, 6) is -1.26. The smallest absolute Gasteiger partial charge is 0.259 e. The van der Waals surface area contributed by atoms with E-state index in [0.29, 0.717) is 10.2 Å². The van der Waals surface area contributed by atoms with Crippen LogP contribution in [0.25, 0.3) is 0 Å². The molecule has 0 aliphatic heterocycles. The van der Waals surface area contributed by atoms with Crippen molar-refractivity contribution < 1.29 is 17.6 Å². The van der Waals surface area contributed by atoms with Gasteiger partial charge in [-0.3, -0.25) is 4.79 Å². The molecule has 21 heavy (non-hydrogen) atoms. The van der Waals surface area contributed by atoms with Crippen molar-refractivity contribution in [2.45, 2.75) is 4.90 Å². The van der Waals surface area contributed by atoms with Crippen LogP contribution in [-0.2, 0) is 9.84 Å². The summed E-state index contributed by atoms with van der Waals surface area (Å²) in [6.45, 7) is 0. The minimum Gasteiger partial charge on any atom is -0.322 e. The predicted octanol–water partition coefficient (Wildman–Crippen LogP) is 3.24. The van der Waals surface area contributed by atoms with Gasteiger partial charge in [0.1, 0.15) is 5.82 Å². The number of hydrogen-bond donors (Lipinski definition) is 1. The van der Waals surface area contributed by atoms with Crippen LogP contribution in [0.15, 0.2) is 51.8 Å². The molecule has 0 radical (unpaired) electrons. The van der Waals surface area contributed by atoms with Gasteiger partial charge in [-0.2, -0.15) is 0 Å². The van der Waals surface area contributed by atoms with Gasteiger partial charge in [-0.15, -0.1) is 0 Å². The number of carbonyl (C=O) groups excluding carboxylic acids is 1. The topological polar surface area (TPSA) is 63.2 Å². The molecule has 0 saturated carbocycles. The van der Waals surface area contributed by atoms with E-state index in [1.807, 2.05) is 0 Å². The van der Waals surface area contributed by atoms with E-state index in [4.69, 9.17) is 0 Å². The van der Waals surface area contributed by atoms with Crippen LogP contribution in [0, 0.1) is 5.82 Å². The van der Waals surface area contributed by atoms with Crippen molar-refractivity contribution in [1.82, 2.24) is 0 Å². The molecule has 0 fully saturated rings. The minimum absolute atomic E-state index is 0.107. The Morgan fingerprint density at radius 2 is 1.76 bits per heavy atom. The molecule has 0 aromatic heterocycles. The standard InChI is InChI=1S/C14H11BrFNO3S/c1-21(19,20)10-7-5-9(6-8-10)17-14(18)13-11(15)3-2-4-12(13)16/h2-8H,1H3,(H,17,18). The van der Waals surface area contributed by atoms with Crippen LogP contribution in [-0.4, -0.2) is 20.6 Å². The Morgan fingerprint density at radius 1 is 1.14 bits per heavy atom. The van der Waals surface area contributed by atoms with Gasteiger partial charge in [-0.05, 0) is 52.3 Å². The maximum absolute atomic E-state index is 13.7. The largest absolute Gasteiger partial charge is 0.322 e. The maximum Gasteiger partial charge on any atom is 0.259 e. The molecule has 2 rings (SSSR count). The average molecular weight is 372 g/mol. The first-order valence-corrected chi connectivity index (χ1v) is 8.53. The van der Waals surface area contributed by atoms with E-state index in [2.05, 4.69) is 21.2 Å². The van der Waals surface area contributed by atoms with E-state index in [9.17, 15) is 17.6 Å². The highest BCUT2D eigenvalue weighted by atomic mass is 79.9. The molecule has 0 heterocycles. The number of carbonyl (C=O) groups is 1. The Hall–Kier alpha value is -1.73. The number of amides is 1. The average Bonchev–Trinajstić information content (AvgIpc) is 2.38. The molecule has 0 unspecified atom stereocenters. The Labute approximate surface area is 130 Å². The van der Waals surface area contributed by atoms with Crippen molar-refractivity contribution in [3.05, 3.63) is 58.3 Å². The zero-order valence-corrected chi connectivity index (χ0v) is 13.3. The fraction of sp³-hybridized carbons (Fsp3) is 0.0714. The van der Waals surface area contributed by atoms with Gasteiger partial charge in [0.2, 0.25) is 0 Å². The SMILES string of the molecule is CS(=O)(=O)c1ccc(NC(=O)c2c(F)cccc2Br)cc1. The lowest BCUT2D eigenvalue weighted by Gasteiger charge is -2.08. The first kappa shape index (κ1) is 15.7. The van der Waals surface area contributed by atoms with E-state index >= 15 is 0 Å². The monoisotopic (exact) mass is 371 g/mol. The molecule has 0 spiro atoms. The number of halogens is 2. The molecule has 1 amide bonds. The number of sulfone groups is 1. The van der Waals surface area contributed by atoms with E-state index in [1.165, 1.54) is 36.4 Å². The third-order valence-corrected chi connectivity index (χ3v) is 4.52. The highest BCUT2D eigenvalue weighted by Gasteiger charge is 2.15. The summed E-state index contributed by atoms with van der Waals surface area (Å²) < 4.78 is 36.7. The van der Waals surface area contributed by atoms with Crippen molar-refractivity contribution in [2.24, 2.45) is 0 Å². The van der Waals surface area contributed by atoms with Crippen molar-refractivity contribution >= 4 is 37.4 Å². The first-order chi connectivity index (χ1) is 9.79. The lowest BCUT2D eigenvalue weighted by atomic mass is 10.2. The molecule has 0 aliphatic rings. The van der Waals surface area contributed by atoms with Gasteiger partial charge in [0.05, 0.1) is 10.5 Å². The number of anilines is 1. The minimum atomic E-state index is -3.29. The van der Waals surface area contributed by atoms with Gasteiger partial charge in [0, 0.05) is 16.4 Å². The number of rotatable bonds is 3. The second-order valence-corrected chi connectivity index (χ2v) is 7.22. The molecule has 2 aromatic carbocycles. The van der Waals surface area contributed by atoms with Crippen LogP contribution in [0.2, 0.25) is 0 Å². The van der Waals surface area contributed by atoms with E-state index < -0.39 is 21.6 Å². The molecule has 1 N–H and O–H groups in total. The van der Waals surface area contributed by atoms with Gasteiger partial charge in [-0.25, -0.2) is 12.8 Å². The Kier molecular flexibility index (Phi) is 4.43. The molecule has 110 valence electrons. The molecular formula is C14H11BrFNO3S. The van der Waals surface area contributed by atoms with E-state index in [0.717, 1.165) is 6.26 Å². The summed E-state index contributed by atoms with van der Waals surface area (Å²) in [6, 6.07) is 9.88. The third-order valence-electron chi connectivity index (χ3n) is 2.73. The van der Waals surface area contributed by atoms with Crippen molar-refractivity contribution in [1.29, 1.82) is 0 Å². The number of nitrogens with one attached hydrogen (secondary N) is 1. The quantitative estimate of drug-likeness (QED) is 0.900. The van der Waals surface area contributed by atoms with Crippen LogP contribution in [0.5, 0.6) is 0 Å². The van der Waals surface area contributed by atoms with Gasteiger partial charge >= 0.3 is 0 Å². The second-order valence-electron chi connectivity index (χ2n) is 4.35. The maximum atomic E-state index is 13.7. The van der Waals surface area contributed by atoms with Crippen molar-refractivity contribution in [3.63, 3.8) is 0 Å². The first-order valence-electron chi connectivity index (χ1n) is 5.84.